The van der Waals surface area contributed by atoms with Gasteiger partial charge in [-0.05, 0) is 19.3 Å². The highest BCUT2D eigenvalue weighted by atomic mass is 19.4. The van der Waals surface area contributed by atoms with Gasteiger partial charge in [-0.1, -0.05) is 38.5 Å². The van der Waals surface area contributed by atoms with Crippen LogP contribution in [0.2, 0.25) is 0 Å². The van der Waals surface area contributed by atoms with Crippen LogP contribution >= 0.6 is 0 Å². The van der Waals surface area contributed by atoms with Crippen LogP contribution in [-0.4, -0.2) is 46.9 Å². The fourth-order valence-electron chi connectivity index (χ4n) is 2.81. The summed E-state index contributed by atoms with van der Waals surface area (Å²) in [6.45, 7) is 0. The summed E-state index contributed by atoms with van der Waals surface area (Å²) in [6.07, 6.45) is -16.2. The molecule has 2 nitrogen and oxygen atoms in total. The second-order valence-electron chi connectivity index (χ2n) is 7.24. The highest BCUT2D eigenvalue weighted by Gasteiger charge is 2.89. The lowest BCUT2D eigenvalue weighted by molar-refractivity contribution is -0.432. The third-order valence-electron chi connectivity index (χ3n) is 4.75. The molecule has 0 aromatic rings. The molecule has 0 fully saturated rings. The molecule has 0 aromatic heterocycles. The van der Waals surface area contributed by atoms with Crippen molar-refractivity contribution in [3.63, 3.8) is 0 Å². The van der Waals surface area contributed by atoms with Gasteiger partial charge < -0.3 is 5.11 Å². The van der Waals surface area contributed by atoms with Crippen LogP contribution in [0.5, 0.6) is 0 Å². The molecule has 0 spiro atoms. The molecular weight excluding hydrogens is 483 g/mol. The Morgan fingerprint density at radius 1 is 0.500 bits per heavy atom. The maximum Gasteiger partial charge on any atom is 0.460 e. The Kier molecular flexibility index (Phi) is 10.2. The van der Waals surface area contributed by atoms with Gasteiger partial charge in [-0.3, -0.25) is 4.79 Å². The van der Waals surface area contributed by atoms with E-state index in [9.17, 15) is 61.9 Å². The Morgan fingerprint density at radius 2 is 0.875 bits per heavy atom. The molecule has 32 heavy (non-hydrogen) atoms. The normalized spacial score (nSPS) is 16.2. The molecule has 0 heterocycles. The number of carboxylic acid groups (broad SMARTS) is 1. The Morgan fingerprint density at radius 3 is 1.22 bits per heavy atom. The van der Waals surface area contributed by atoms with Crippen molar-refractivity contribution in [1.29, 1.82) is 0 Å². The first-order valence-corrected chi connectivity index (χ1v) is 9.34. The summed E-state index contributed by atoms with van der Waals surface area (Å²) in [5, 5.41) is 8.42. The molecule has 0 bridgehead atoms. The summed E-state index contributed by atoms with van der Waals surface area (Å²) in [4.78, 5) is 10.3. The van der Waals surface area contributed by atoms with Gasteiger partial charge in [0.25, 0.3) is 5.67 Å². The van der Waals surface area contributed by atoms with Crippen LogP contribution in [-0.2, 0) is 4.79 Å². The van der Waals surface area contributed by atoms with Crippen LogP contribution < -0.4 is 0 Å². The second-order valence-corrected chi connectivity index (χ2v) is 7.24. The number of alkyl halides is 13. The number of unbranched alkanes of at least 4 members (excludes halogenated alkanes) is 7. The zero-order valence-corrected chi connectivity index (χ0v) is 16.3. The van der Waals surface area contributed by atoms with Crippen molar-refractivity contribution in [2.75, 3.05) is 0 Å². The molecule has 0 saturated carbocycles. The van der Waals surface area contributed by atoms with Crippen LogP contribution in [0.15, 0.2) is 0 Å². The molecule has 0 rings (SSSR count). The quantitative estimate of drug-likeness (QED) is 0.194. The molecule has 1 unspecified atom stereocenters. The van der Waals surface area contributed by atoms with E-state index >= 15 is 0 Å². The van der Waals surface area contributed by atoms with Crippen molar-refractivity contribution in [3.8, 4) is 0 Å². The number of carbonyl (C=O) groups is 1. The first kappa shape index (κ1) is 30.6. The minimum atomic E-state index is -7.72. The fourth-order valence-corrected chi connectivity index (χ4v) is 2.81. The van der Waals surface area contributed by atoms with Crippen LogP contribution in [0.1, 0.15) is 64.2 Å². The lowest BCUT2D eigenvalue weighted by Crippen LogP contribution is -2.70. The number of hydrogen-bond acceptors (Lipinski definition) is 1. The van der Waals surface area contributed by atoms with Gasteiger partial charge >= 0.3 is 36.1 Å². The molecule has 0 radical (unpaired) electrons. The lowest BCUT2D eigenvalue weighted by atomic mass is 9.84. The maximum atomic E-state index is 14.2. The van der Waals surface area contributed by atoms with Gasteiger partial charge in [0.2, 0.25) is 0 Å². The predicted octanol–water partition coefficient (Wildman–Crippen LogP) is 7.71. The summed E-state index contributed by atoms with van der Waals surface area (Å²) in [7, 11) is 0. The van der Waals surface area contributed by atoms with Gasteiger partial charge in [0.1, 0.15) is 0 Å². The van der Waals surface area contributed by atoms with E-state index in [-0.39, 0.29) is 19.3 Å². The first-order chi connectivity index (χ1) is 14.2. The summed E-state index contributed by atoms with van der Waals surface area (Å²) in [5.74, 6) is -23.8. The zero-order valence-electron chi connectivity index (χ0n) is 16.3. The largest absolute Gasteiger partial charge is 0.481 e. The number of carboxylic acids is 1. The minimum absolute atomic E-state index is 0.00748. The molecule has 192 valence electrons. The lowest BCUT2D eigenvalue weighted by Gasteiger charge is -2.41. The fraction of sp³-hybridized carbons (Fsp3) is 0.941. The highest BCUT2D eigenvalue weighted by molar-refractivity contribution is 5.66. The highest BCUT2D eigenvalue weighted by Crippen LogP contribution is 2.61. The molecule has 0 amide bonds. The molecule has 1 N–H and O–H groups in total. The van der Waals surface area contributed by atoms with Gasteiger partial charge in [-0.15, -0.1) is 0 Å². The topological polar surface area (TPSA) is 37.3 Å². The number of rotatable bonds is 14. The van der Waals surface area contributed by atoms with Crippen LogP contribution in [0.3, 0.4) is 0 Å². The summed E-state index contributed by atoms with van der Waals surface area (Å²) >= 11 is 0. The van der Waals surface area contributed by atoms with E-state index in [0.29, 0.717) is 25.7 Å². The zero-order chi connectivity index (χ0) is 25.6. The van der Waals surface area contributed by atoms with E-state index in [4.69, 9.17) is 5.11 Å². The smallest absolute Gasteiger partial charge is 0.460 e. The Hall–Kier alpha value is -1.44. The SMILES string of the molecule is O=C(O)CCCCCCCCCCC(F)(C(F)(F)F)C(F)(F)C(F)(F)C(F)(F)C(F)(F)F. The third kappa shape index (κ3) is 6.55. The number of aliphatic carboxylic acids is 1. The maximum absolute atomic E-state index is 14.2. The molecule has 0 aliphatic carbocycles. The molecule has 0 aliphatic rings. The van der Waals surface area contributed by atoms with E-state index in [2.05, 4.69) is 0 Å². The van der Waals surface area contributed by atoms with E-state index in [1.165, 1.54) is 0 Å². The second kappa shape index (κ2) is 10.7. The van der Waals surface area contributed by atoms with Crippen molar-refractivity contribution >= 4 is 5.97 Å². The summed E-state index contributed by atoms with van der Waals surface area (Å²) in [6, 6.07) is 0. The monoisotopic (exact) mass is 504 g/mol. The summed E-state index contributed by atoms with van der Waals surface area (Å²) in [5.41, 5.74) is -6.34. The minimum Gasteiger partial charge on any atom is -0.481 e. The molecular formula is C17H21F13O2. The van der Waals surface area contributed by atoms with Crippen LogP contribution in [0, 0.1) is 0 Å². The molecule has 0 aromatic carbocycles. The van der Waals surface area contributed by atoms with Gasteiger partial charge in [-0.25, -0.2) is 4.39 Å². The third-order valence-corrected chi connectivity index (χ3v) is 4.75. The average molecular weight is 504 g/mol. The summed E-state index contributed by atoms with van der Waals surface area (Å²) < 4.78 is 169. The number of halogens is 13. The van der Waals surface area contributed by atoms with E-state index in [0.717, 1.165) is 0 Å². The molecule has 1 atom stereocenters. The van der Waals surface area contributed by atoms with Gasteiger partial charge in [0.05, 0.1) is 0 Å². The predicted molar refractivity (Wildman–Crippen MR) is 84.6 cm³/mol. The average Bonchev–Trinajstić information content (AvgIpc) is 2.60. The van der Waals surface area contributed by atoms with Gasteiger partial charge in [-0.2, -0.15) is 52.7 Å². The van der Waals surface area contributed by atoms with Crippen LogP contribution in [0.4, 0.5) is 57.1 Å². The van der Waals surface area contributed by atoms with Crippen molar-refractivity contribution < 1.29 is 67.0 Å². The Labute approximate surface area is 174 Å². The Bertz CT molecular complexity index is 598. The van der Waals surface area contributed by atoms with Crippen molar-refractivity contribution in [2.24, 2.45) is 0 Å². The van der Waals surface area contributed by atoms with Gasteiger partial charge in [0, 0.05) is 6.42 Å². The molecule has 0 saturated heterocycles. The van der Waals surface area contributed by atoms with Crippen molar-refractivity contribution in [1.82, 2.24) is 0 Å². The molecule has 0 aliphatic heterocycles. The first-order valence-electron chi connectivity index (χ1n) is 9.34. The van der Waals surface area contributed by atoms with Gasteiger partial charge in [0.15, 0.2) is 0 Å². The number of hydrogen-bond donors (Lipinski definition) is 1. The van der Waals surface area contributed by atoms with E-state index < -0.39 is 61.0 Å². The van der Waals surface area contributed by atoms with Crippen molar-refractivity contribution in [2.45, 2.75) is 100.0 Å². The Balaban J connectivity index is 5.12. The van der Waals surface area contributed by atoms with E-state index in [1.54, 1.807) is 0 Å². The van der Waals surface area contributed by atoms with Crippen molar-refractivity contribution in [3.05, 3.63) is 0 Å². The standard InChI is InChI=1S/C17H21F13O2/c18-12(16(25,26)27,10-8-6-4-2-1-3-5-7-9-11(31)32)13(19,20)14(21,22)15(23,24)17(28,29)30/h1-10H2,(H,31,32). The van der Waals surface area contributed by atoms with E-state index in [1.807, 2.05) is 0 Å². The van der Waals surface area contributed by atoms with Crippen LogP contribution in [0.25, 0.3) is 0 Å². The molecule has 15 heteroatoms.